The van der Waals surface area contributed by atoms with E-state index in [1.54, 1.807) is 36.0 Å². The van der Waals surface area contributed by atoms with Crippen molar-refractivity contribution in [3.05, 3.63) is 95.6 Å². The molecule has 0 saturated carbocycles. The first-order valence-corrected chi connectivity index (χ1v) is 12.8. The summed E-state index contributed by atoms with van der Waals surface area (Å²) in [5.41, 5.74) is 2.99. The Kier molecular flexibility index (Phi) is 7.76. The highest BCUT2D eigenvalue weighted by Crippen LogP contribution is 2.22. The average Bonchev–Trinajstić information content (AvgIpc) is 2.76. The van der Waals surface area contributed by atoms with Gasteiger partial charge in [-0.2, -0.15) is 0 Å². The fraction of sp³-hybridized carbons (Fsp3) is 0.208. The first-order valence-electron chi connectivity index (χ1n) is 9.93. The molecule has 162 valence electrons. The van der Waals surface area contributed by atoms with Gasteiger partial charge in [0.1, 0.15) is 0 Å². The molecule has 0 aliphatic carbocycles. The Labute approximate surface area is 188 Å². The minimum Gasteiger partial charge on any atom is -0.351 e. The molecule has 0 bridgehead atoms. The number of rotatable bonds is 9. The van der Waals surface area contributed by atoms with E-state index < -0.39 is 10.0 Å². The summed E-state index contributed by atoms with van der Waals surface area (Å²) in [5, 5.41) is 2.90. The number of benzene rings is 3. The number of aryl methyl sites for hydroxylation is 1. The number of nitrogens with one attached hydrogen (secondary N) is 1. The van der Waals surface area contributed by atoms with Crippen LogP contribution in [0.4, 0.5) is 5.69 Å². The third-order valence-corrected chi connectivity index (χ3v) is 6.95. The van der Waals surface area contributed by atoms with Crippen LogP contribution in [0.15, 0.2) is 83.8 Å². The highest BCUT2D eigenvalue weighted by Gasteiger charge is 2.19. The number of anilines is 1. The monoisotopic (exact) mass is 454 g/mol. The summed E-state index contributed by atoms with van der Waals surface area (Å²) in [5.74, 6) is 0.594. The third kappa shape index (κ3) is 6.60. The van der Waals surface area contributed by atoms with Gasteiger partial charge in [-0.3, -0.25) is 9.10 Å². The lowest BCUT2D eigenvalue weighted by Gasteiger charge is -2.23. The van der Waals surface area contributed by atoms with Crippen LogP contribution in [0.25, 0.3) is 0 Å². The number of carbonyl (C=O) groups is 1. The number of nitrogens with zero attached hydrogens (tertiary/aromatic N) is 1. The van der Waals surface area contributed by atoms with Crippen LogP contribution in [0.1, 0.15) is 21.5 Å². The van der Waals surface area contributed by atoms with Crippen LogP contribution in [0, 0.1) is 6.92 Å². The van der Waals surface area contributed by atoms with E-state index in [0.29, 0.717) is 17.8 Å². The highest BCUT2D eigenvalue weighted by atomic mass is 32.2. The van der Waals surface area contributed by atoms with Crippen molar-refractivity contribution in [1.82, 2.24) is 5.32 Å². The van der Waals surface area contributed by atoms with Crippen molar-refractivity contribution >= 4 is 33.4 Å². The average molecular weight is 455 g/mol. The predicted molar refractivity (Wildman–Crippen MR) is 128 cm³/mol. The van der Waals surface area contributed by atoms with Gasteiger partial charge in [-0.15, -0.1) is 11.8 Å². The smallest absolute Gasteiger partial charge is 0.251 e. The molecule has 0 unspecified atom stereocenters. The van der Waals surface area contributed by atoms with Gasteiger partial charge < -0.3 is 5.32 Å². The van der Waals surface area contributed by atoms with Crippen molar-refractivity contribution in [1.29, 1.82) is 0 Å². The molecule has 0 aromatic heterocycles. The maximum atomic E-state index is 12.4. The maximum absolute atomic E-state index is 12.4. The number of thioether (sulfide) groups is 1. The van der Waals surface area contributed by atoms with E-state index in [1.165, 1.54) is 10.6 Å². The lowest BCUT2D eigenvalue weighted by atomic mass is 10.1. The molecule has 0 radical (unpaired) electrons. The molecule has 0 aliphatic heterocycles. The van der Waals surface area contributed by atoms with Crippen molar-refractivity contribution in [2.24, 2.45) is 0 Å². The normalized spacial score (nSPS) is 11.2. The maximum Gasteiger partial charge on any atom is 0.251 e. The van der Waals surface area contributed by atoms with Crippen molar-refractivity contribution in [3.63, 3.8) is 0 Å². The Morgan fingerprint density at radius 3 is 2.23 bits per heavy atom. The molecule has 0 heterocycles. The fourth-order valence-corrected chi connectivity index (χ4v) is 4.74. The lowest BCUT2D eigenvalue weighted by molar-refractivity contribution is 0.0956. The molecule has 3 aromatic carbocycles. The standard InChI is InChI=1S/C24H26N2O3S2/c1-19-8-6-7-9-21(19)18-26(31(2,28)29)22-14-12-20(13-15-22)24(27)25-16-17-30-23-10-4-3-5-11-23/h3-15H,16-18H2,1-2H3,(H,25,27). The molecular formula is C24H26N2O3S2. The molecule has 7 heteroatoms. The van der Waals surface area contributed by atoms with Crippen molar-refractivity contribution in [3.8, 4) is 0 Å². The first kappa shape index (κ1) is 22.9. The van der Waals surface area contributed by atoms with Crippen molar-refractivity contribution in [2.45, 2.75) is 18.4 Å². The second-order valence-electron chi connectivity index (χ2n) is 7.16. The summed E-state index contributed by atoms with van der Waals surface area (Å²) in [7, 11) is -3.48. The summed E-state index contributed by atoms with van der Waals surface area (Å²) < 4.78 is 26.2. The van der Waals surface area contributed by atoms with E-state index in [0.717, 1.165) is 21.8 Å². The molecule has 0 atom stereocenters. The molecule has 3 rings (SSSR count). The van der Waals surface area contributed by atoms with E-state index in [-0.39, 0.29) is 12.5 Å². The molecule has 31 heavy (non-hydrogen) atoms. The topological polar surface area (TPSA) is 66.5 Å². The van der Waals surface area contributed by atoms with Gasteiger partial charge in [0, 0.05) is 22.8 Å². The molecular weight excluding hydrogens is 428 g/mol. The minimum absolute atomic E-state index is 0.176. The SMILES string of the molecule is Cc1ccccc1CN(c1ccc(C(=O)NCCSc2ccccc2)cc1)S(C)(=O)=O. The van der Waals surface area contributed by atoms with E-state index >= 15 is 0 Å². The largest absolute Gasteiger partial charge is 0.351 e. The number of hydrogen-bond acceptors (Lipinski definition) is 4. The minimum atomic E-state index is -3.48. The van der Waals surface area contributed by atoms with Gasteiger partial charge in [0.05, 0.1) is 18.5 Å². The van der Waals surface area contributed by atoms with Gasteiger partial charge in [0.25, 0.3) is 5.91 Å². The molecule has 0 aliphatic rings. The predicted octanol–water partition coefficient (Wildman–Crippen LogP) is 4.48. The van der Waals surface area contributed by atoms with Gasteiger partial charge in [-0.1, -0.05) is 42.5 Å². The quantitative estimate of drug-likeness (QED) is 0.382. The summed E-state index contributed by atoms with van der Waals surface area (Å²) in [6, 6.07) is 24.4. The van der Waals surface area contributed by atoms with Gasteiger partial charge in [0.15, 0.2) is 0 Å². The summed E-state index contributed by atoms with van der Waals surface area (Å²) in [4.78, 5) is 13.6. The Bertz CT molecular complexity index is 1120. The summed E-state index contributed by atoms with van der Waals surface area (Å²) in [6.07, 6.45) is 1.19. The van der Waals surface area contributed by atoms with Gasteiger partial charge in [-0.05, 0) is 54.4 Å². The zero-order valence-corrected chi connectivity index (χ0v) is 19.2. The van der Waals surface area contributed by atoms with Crippen LogP contribution in [-0.4, -0.2) is 32.9 Å². The molecule has 0 spiro atoms. The Hall–Kier alpha value is -2.77. The van der Waals surface area contributed by atoms with E-state index in [2.05, 4.69) is 5.32 Å². The van der Waals surface area contributed by atoms with Gasteiger partial charge >= 0.3 is 0 Å². The highest BCUT2D eigenvalue weighted by molar-refractivity contribution is 7.99. The third-order valence-electron chi connectivity index (χ3n) is 4.79. The van der Waals surface area contributed by atoms with Gasteiger partial charge in [0.2, 0.25) is 10.0 Å². The molecule has 1 amide bonds. The Balaban J connectivity index is 1.62. The van der Waals surface area contributed by atoms with Crippen LogP contribution in [-0.2, 0) is 16.6 Å². The second kappa shape index (κ2) is 10.5. The summed E-state index contributed by atoms with van der Waals surface area (Å²) in [6.45, 7) is 2.75. The van der Waals surface area contributed by atoms with Crippen molar-refractivity contribution < 1.29 is 13.2 Å². The van der Waals surface area contributed by atoms with Crippen molar-refractivity contribution in [2.75, 3.05) is 22.9 Å². The van der Waals surface area contributed by atoms with E-state index in [4.69, 9.17) is 0 Å². The van der Waals surface area contributed by atoms with Crippen LogP contribution in [0.3, 0.4) is 0 Å². The van der Waals surface area contributed by atoms with Crippen LogP contribution in [0.2, 0.25) is 0 Å². The van der Waals surface area contributed by atoms with Crippen LogP contribution >= 0.6 is 11.8 Å². The number of hydrogen-bond donors (Lipinski definition) is 1. The lowest BCUT2D eigenvalue weighted by Crippen LogP contribution is -2.30. The number of sulfonamides is 1. The summed E-state index contributed by atoms with van der Waals surface area (Å²) >= 11 is 1.68. The van der Waals surface area contributed by atoms with Gasteiger partial charge in [-0.25, -0.2) is 8.42 Å². The van der Waals surface area contributed by atoms with Crippen LogP contribution in [0.5, 0.6) is 0 Å². The zero-order chi connectivity index (χ0) is 22.3. The Morgan fingerprint density at radius 1 is 0.935 bits per heavy atom. The van der Waals surface area contributed by atoms with E-state index in [1.807, 2.05) is 61.5 Å². The molecule has 5 nitrogen and oxygen atoms in total. The fourth-order valence-electron chi connectivity index (χ4n) is 3.07. The second-order valence-corrected chi connectivity index (χ2v) is 10.2. The Morgan fingerprint density at radius 2 is 1.58 bits per heavy atom. The van der Waals surface area contributed by atoms with E-state index in [9.17, 15) is 13.2 Å². The number of carbonyl (C=O) groups excluding carboxylic acids is 1. The molecule has 3 aromatic rings. The molecule has 0 saturated heterocycles. The molecule has 0 fully saturated rings. The zero-order valence-electron chi connectivity index (χ0n) is 17.6. The van der Waals surface area contributed by atoms with Crippen LogP contribution < -0.4 is 9.62 Å². The number of amides is 1. The molecule has 1 N–H and O–H groups in total. The first-order chi connectivity index (χ1) is 14.8.